The van der Waals surface area contributed by atoms with Gasteiger partial charge in [-0.3, -0.25) is 14.4 Å². The molecule has 3 N–H and O–H groups in total. The van der Waals surface area contributed by atoms with E-state index in [2.05, 4.69) is 10.6 Å². The van der Waals surface area contributed by atoms with Gasteiger partial charge < -0.3 is 30.1 Å². The Balaban J connectivity index is 2.41. The Bertz CT molecular complexity index is 969. The molecule has 1 aliphatic carbocycles. The first-order valence-electron chi connectivity index (χ1n) is 13.4. The summed E-state index contributed by atoms with van der Waals surface area (Å²) in [5, 5.41) is 15.6. The zero-order chi connectivity index (χ0) is 28.5. The van der Waals surface area contributed by atoms with Gasteiger partial charge in [0.15, 0.2) is 0 Å². The van der Waals surface area contributed by atoms with E-state index in [9.17, 15) is 24.3 Å². The first kappa shape index (κ1) is 30.9. The third kappa shape index (κ3) is 9.54. The van der Waals surface area contributed by atoms with E-state index < -0.39 is 41.6 Å². The number of carbonyl (C=O) groups is 4. The summed E-state index contributed by atoms with van der Waals surface area (Å²) < 4.78 is 10.3. The minimum absolute atomic E-state index is 0.0140. The molecule has 212 valence electrons. The Morgan fingerprint density at radius 2 is 1.84 bits per heavy atom. The van der Waals surface area contributed by atoms with E-state index in [1.54, 1.807) is 39.8 Å². The van der Waals surface area contributed by atoms with E-state index in [0.29, 0.717) is 24.8 Å². The topological polar surface area (TPSA) is 134 Å². The molecule has 2 atom stereocenters. The monoisotopic (exact) mass is 533 g/mol. The number of nitrogens with zero attached hydrogens (tertiary/aromatic N) is 1. The van der Waals surface area contributed by atoms with Gasteiger partial charge in [-0.2, -0.15) is 0 Å². The fraction of sp³-hybridized carbons (Fsp3) is 0.643. The first-order chi connectivity index (χ1) is 17.8. The second-order valence-electron chi connectivity index (χ2n) is 11.0. The van der Waals surface area contributed by atoms with Gasteiger partial charge in [-0.1, -0.05) is 26.0 Å². The van der Waals surface area contributed by atoms with Crippen LogP contribution < -0.4 is 10.6 Å². The minimum atomic E-state index is -1.07. The van der Waals surface area contributed by atoms with Crippen molar-refractivity contribution < 1.29 is 33.8 Å². The summed E-state index contributed by atoms with van der Waals surface area (Å²) in [5.41, 5.74) is -0.314. The average molecular weight is 534 g/mol. The predicted octanol–water partition coefficient (Wildman–Crippen LogP) is 3.82. The van der Waals surface area contributed by atoms with Crippen molar-refractivity contribution in [2.75, 3.05) is 13.2 Å². The van der Waals surface area contributed by atoms with Crippen LogP contribution in [0.3, 0.4) is 0 Å². The van der Waals surface area contributed by atoms with Crippen molar-refractivity contribution in [2.45, 2.75) is 97.4 Å². The molecule has 1 aromatic carbocycles. The van der Waals surface area contributed by atoms with E-state index >= 15 is 0 Å². The molecule has 0 aromatic heterocycles. The lowest BCUT2D eigenvalue weighted by Gasteiger charge is -2.43. The standard InChI is InChI=1S/C28H43N3O7/c1-7-37-23(33)14-15-29-25(34)24(19-10-8-13-21(32)17-19)31(20-11-9-12-20)26(35)22(16-18(2)3)30-27(36)38-28(4,5)6/h8,10,13,17-18,20,22,24,32H,7,9,11-12,14-16H2,1-6H3,(H,29,34)(H,30,36). The van der Waals surface area contributed by atoms with Crippen molar-refractivity contribution in [3.63, 3.8) is 0 Å². The highest BCUT2D eigenvalue weighted by atomic mass is 16.6. The van der Waals surface area contributed by atoms with Crippen LogP contribution in [0.1, 0.15) is 85.3 Å². The van der Waals surface area contributed by atoms with Crippen molar-refractivity contribution in [1.29, 1.82) is 0 Å². The molecule has 1 fully saturated rings. The van der Waals surface area contributed by atoms with Crippen molar-refractivity contribution in [2.24, 2.45) is 5.92 Å². The Kier molecular flexibility index (Phi) is 11.4. The number of phenols is 1. The van der Waals surface area contributed by atoms with E-state index in [0.717, 1.165) is 6.42 Å². The van der Waals surface area contributed by atoms with Crippen LogP contribution >= 0.6 is 0 Å². The maximum atomic E-state index is 14.1. The number of carbonyl (C=O) groups excluding carboxylic acids is 4. The van der Waals surface area contributed by atoms with E-state index in [1.807, 2.05) is 13.8 Å². The summed E-state index contributed by atoms with van der Waals surface area (Å²) in [6.45, 7) is 11.1. The van der Waals surface area contributed by atoms with E-state index in [-0.39, 0.29) is 37.3 Å². The second kappa shape index (κ2) is 14.0. The Morgan fingerprint density at radius 3 is 2.37 bits per heavy atom. The molecule has 2 rings (SSSR count). The predicted molar refractivity (Wildman–Crippen MR) is 142 cm³/mol. The fourth-order valence-electron chi connectivity index (χ4n) is 4.26. The number of hydrogen-bond acceptors (Lipinski definition) is 7. The molecular weight excluding hydrogens is 490 g/mol. The van der Waals surface area contributed by atoms with Crippen molar-refractivity contribution in [3.8, 4) is 5.75 Å². The van der Waals surface area contributed by atoms with Crippen LogP contribution in [-0.4, -0.2) is 64.7 Å². The van der Waals surface area contributed by atoms with Gasteiger partial charge >= 0.3 is 12.1 Å². The average Bonchev–Trinajstić information content (AvgIpc) is 2.75. The lowest BCUT2D eigenvalue weighted by molar-refractivity contribution is -0.148. The van der Waals surface area contributed by atoms with Gasteiger partial charge in [0.25, 0.3) is 0 Å². The third-order valence-electron chi connectivity index (χ3n) is 6.06. The summed E-state index contributed by atoms with van der Waals surface area (Å²) in [4.78, 5) is 53.7. The fourth-order valence-corrected chi connectivity index (χ4v) is 4.26. The van der Waals surface area contributed by atoms with Gasteiger partial charge in [-0.05, 0) is 77.0 Å². The lowest BCUT2D eigenvalue weighted by Crippen LogP contribution is -2.57. The highest BCUT2D eigenvalue weighted by Crippen LogP contribution is 2.35. The van der Waals surface area contributed by atoms with Gasteiger partial charge in [0.05, 0.1) is 13.0 Å². The number of amides is 3. The van der Waals surface area contributed by atoms with Crippen LogP contribution in [0, 0.1) is 5.92 Å². The summed E-state index contributed by atoms with van der Waals surface area (Å²) in [5.74, 6) is -1.30. The SMILES string of the molecule is CCOC(=O)CCNC(=O)C(c1cccc(O)c1)N(C(=O)C(CC(C)C)NC(=O)OC(C)(C)C)C1CCC1. The number of nitrogens with one attached hydrogen (secondary N) is 2. The van der Waals surface area contributed by atoms with Crippen molar-refractivity contribution in [1.82, 2.24) is 15.5 Å². The zero-order valence-corrected chi connectivity index (χ0v) is 23.4. The minimum Gasteiger partial charge on any atom is -0.508 e. The molecule has 3 amide bonds. The van der Waals surface area contributed by atoms with Gasteiger partial charge in [0.1, 0.15) is 23.4 Å². The molecule has 0 aliphatic heterocycles. The maximum absolute atomic E-state index is 14.1. The summed E-state index contributed by atoms with van der Waals surface area (Å²) in [7, 11) is 0. The molecule has 1 saturated carbocycles. The number of alkyl carbamates (subject to hydrolysis) is 1. The van der Waals surface area contributed by atoms with E-state index in [4.69, 9.17) is 9.47 Å². The lowest BCUT2D eigenvalue weighted by atomic mass is 9.87. The molecule has 10 nitrogen and oxygen atoms in total. The smallest absolute Gasteiger partial charge is 0.408 e. The third-order valence-corrected chi connectivity index (χ3v) is 6.06. The maximum Gasteiger partial charge on any atom is 0.408 e. The molecule has 0 spiro atoms. The van der Waals surface area contributed by atoms with Gasteiger partial charge in [-0.15, -0.1) is 0 Å². The Hall–Kier alpha value is -3.30. The quantitative estimate of drug-likeness (QED) is 0.348. The molecule has 38 heavy (non-hydrogen) atoms. The van der Waals surface area contributed by atoms with E-state index in [1.165, 1.54) is 17.0 Å². The van der Waals surface area contributed by atoms with Crippen LogP contribution in [0.15, 0.2) is 24.3 Å². The summed E-state index contributed by atoms with van der Waals surface area (Å²) >= 11 is 0. The number of phenolic OH excluding ortho intramolecular Hbond substituents is 1. The van der Waals surface area contributed by atoms with Crippen LogP contribution in [0.5, 0.6) is 5.75 Å². The first-order valence-corrected chi connectivity index (χ1v) is 13.4. The normalized spacial score (nSPS) is 15.1. The number of hydrogen-bond donors (Lipinski definition) is 3. The Morgan fingerprint density at radius 1 is 1.16 bits per heavy atom. The Labute approximate surface area is 225 Å². The van der Waals surface area contributed by atoms with Gasteiger partial charge in [-0.25, -0.2) is 4.79 Å². The largest absolute Gasteiger partial charge is 0.508 e. The molecule has 0 heterocycles. The number of aromatic hydroxyl groups is 1. The zero-order valence-electron chi connectivity index (χ0n) is 23.4. The molecule has 0 saturated heterocycles. The van der Waals surface area contributed by atoms with Gasteiger partial charge in [0, 0.05) is 12.6 Å². The van der Waals surface area contributed by atoms with Crippen LogP contribution in [0.25, 0.3) is 0 Å². The van der Waals surface area contributed by atoms with Crippen LogP contribution in [0.2, 0.25) is 0 Å². The number of esters is 1. The second-order valence-corrected chi connectivity index (χ2v) is 11.0. The van der Waals surface area contributed by atoms with Crippen LogP contribution in [0.4, 0.5) is 4.79 Å². The van der Waals surface area contributed by atoms with Gasteiger partial charge in [0.2, 0.25) is 11.8 Å². The van der Waals surface area contributed by atoms with Crippen LogP contribution in [-0.2, 0) is 23.9 Å². The molecule has 0 bridgehead atoms. The number of benzene rings is 1. The molecule has 1 aromatic rings. The molecule has 0 radical (unpaired) electrons. The molecule has 10 heteroatoms. The summed E-state index contributed by atoms with van der Waals surface area (Å²) in [6, 6.07) is 4.01. The highest BCUT2D eigenvalue weighted by Gasteiger charge is 2.42. The highest BCUT2D eigenvalue weighted by molar-refractivity contribution is 5.92. The number of ether oxygens (including phenoxy) is 2. The van der Waals surface area contributed by atoms with Crippen molar-refractivity contribution in [3.05, 3.63) is 29.8 Å². The molecule has 1 aliphatic rings. The summed E-state index contributed by atoms with van der Waals surface area (Å²) in [6.07, 6.45) is 1.94. The molecule has 2 unspecified atom stereocenters. The molecular formula is C28H43N3O7. The number of rotatable bonds is 12. The van der Waals surface area contributed by atoms with Crippen molar-refractivity contribution >= 4 is 23.9 Å².